The summed E-state index contributed by atoms with van der Waals surface area (Å²) in [6, 6.07) is 5.67. The van der Waals surface area contributed by atoms with Crippen LogP contribution in [0.25, 0.3) is 11.1 Å². The number of carbonyl (C=O) groups is 1. The quantitative estimate of drug-likeness (QED) is 0.628. The first-order valence-electron chi connectivity index (χ1n) is 5.18. The molecule has 2 nitrogen and oxygen atoms in total. The lowest BCUT2D eigenvalue weighted by Crippen LogP contribution is -1.97. The van der Waals surface area contributed by atoms with Gasteiger partial charge in [-0.25, -0.2) is 4.79 Å². The third-order valence-electron chi connectivity index (χ3n) is 2.55. The molecule has 0 heterocycles. The number of benzene rings is 2. The van der Waals surface area contributed by atoms with Crippen LogP contribution >= 0.6 is 58.0 Å². The van der Waals surface area contributed by atoms with Gasteiger partial charge in [0.25, 0.3) is 0 Å². The Morgan fingerprint density at radius 1 is 0.850 bits per heavy atom. The van der Waals surface area contributed by atoms with Crippen LogP contribution in [-0.2, 0) is 0 Å². The minimum Gasteiger partial charge on any atom is -0.478 e. The molecule has 0 unspecified atom stereocenters. The Balaban J connectivity index is 2.78. The molecule has 0 aliphatic rings. The maximum Gasteiger partial charge on any atom is 0.335 e. The van der Waals surface area contributed by atoms with E-state index in [1.807, 2.05) is 0 Å². The van der Waals surface area contributed by atoms with Crippen molar-refractivity contribution in [3.63, 3.8) is 0 Å². The summed E-state index contributed by atoms with van der Waals surface area (Å²) in [7, 11) is 0. The van der Waals surface area contributed by atoms with E-state index in [0.717, 1.165) is 0 Å². The molecule has 0 saturated carbocycles. The number of carboxylic acid groups (broad SMARTS) is 1. The summed E-state index contributed by atoms with van der Waals surface area (Å²) >= 11 is 30.1. The zero-order valence-electron chi connectivity index (χ0n) is 9.55. The van der Waals surface area contributed by atoms with Crippen molar-refractivity contribution < 1.29 is 9.90 Å². The lowest BCUT2D eigenvalue weighted by atomic mass is 10.0. The summed E-state index contributed by atoms with van der Waals surface area (Å²) in [6.45, 7) is 0. The standard InChI is InChI=1S/C13H5Cl5O2/c14-7-2-5(1-6(3-7)13(19)20)10-11(17)8(15)4-9(16)12(10)18/h1-4H,(H,19,20). The first-order valence-corrected chi connectivity index (χ1v) is 7.07. The number of hydrogen-bond acceptors (Lipinski definition) is 1. The summed E-state index contributed by atoms with van der Waals surface area (Å²) in [5.41, 5.74) is 0.779. The van der Waals surface area contributed by atoms with Crippen molar-refractivity contribution in [1.29, 1.82) is 0 Å². The maximum atomic E-state index is 11.1. The molecule has 0 bridgehead atoms. The van der Waals surface area contributed by atoms with Gasteiger partial charge in [0.05, 0.1) is 25.7 Å². The second kappa shape index (κ2) is 6.00. The molecule has 2 aromatic carbocycles. The van der Waals surface area contributed by atoms with Crippen molar-refractivity contribution in [3.8, 4) is 11.1 Å². The highest BCUT2D eigenvalue weighted by Crippen LogP contribution is 2.43. The Hall–Kier alpha value is -0.640. The molecule has 0 aromatic heterocycles. The predicted molar refractivity (Wildman–Crippen MR) is 83.9 cm³/mol. The van der Waals surface area contributed by atoms with Crippen LogP contribution in [0.15, 0.2) is 24.3 Å². The van der Waals surface area contributed by atoms with Gasteiger partial charge in [-0.3, -0.25) is 0 Å². The average Bonchev–Trinajstić information content (AvgIpc) is 2.36. The van der Waals surface area contributed by atoms with Gasteiger partial charge in [0.15, 0.2) is 0 Å². The van der Waals surface area contributed by atoms with Gasteiger partial charge in [0, 0.05) is 10.6 Å². The second-order valence-corrected chi connectivity index (χ2v) is 5.88. The molecule has 104 valence electrons. The van der Waals surface area contributed by atoms with Gasteiger partial charge in [-0.05, 0) is 29.8 Å². The van der Waals surface area contributed by atoms with Crippen molar-refractivity contribution in [2.45, 2.75) is 0 Å². The monoisotopic (exact) mass is 368 g/mol. The largest absolute Gasteiger partial charge is 0.478 e. The maximum absolute atomic E-state index is 11.1. The first-order chi connectivity index (χ1) is 9.31. The molecule has 0 fully saturated rings. The van der Waals surface area contributed by atoms with Crippen molar-refractivity contribution in [3.05, 3.63) is 54.9 Å². The average molecular weight is 370 g/mol. The van der Waals surface area contributed by atoms with Crippen LogP contribution in [0, 0.1) is 0 Å². The second-order valence-electron chi connectivity index (χ2n) is 3.88. The molecular formula is C13H5Cl5O2. The van der Waals surface area contributed by atoms with E-state index in [1.54, 1.807) is 0 Å². The van der Waals surface area contributed by atoms with Gasteiger partial charge in [-0.15, -0.1) is 0 Å². The van der Waals surface area contributed by atoms with Gasteiger partial charge >= 0.3 is 5.97 Å². The Morgan fingerprint density at radius 3 is 1.90 bits per heavy atom. The van der Waals surface area contributed by atoms with Crippen LogP contribution in [0.3, 0.4) is 0 Å². The number of rotatable bonds is 2. The summed E-state index contributed by atoms with van der Waals surface area (Å²) < 4.78 is 0. The highest BCUT2D eigenvalue weighted by atomic mass is 35.5. The van der Waals surface area contributed by atoms with Crippen LogP contribution in [0.4, 0.5) is 0 Å². The number of halogens is 5. The van der Waals surface area contributed by atoms with Gasteiger partial charge < -0.3 is 5.11 Å². The topological polar surface area (TPSA) is 37.3 Å². The molecule has 0 radical (unpaired) electrons. The highest BCUT2D eigenvalue weighted by molar-refractivity contribution is 6.50. The first kappa shape index (κ1) is 15.7. The molecule has 0 atom stereocenters. The lowest BCUT2D eigenvalue weighted by molar-refractivity contribution is 0.0697. The van der Waals surface area contributed by atoms with Crippen LogP contribution in [0.1, 0.15) is 10.4 Å². The van der Waals surface area contributed by atoms with E-state index in [4.69, 9.17) is 63.1 Å². The lowest BCUT2D eigenvalue weighted by Gasteiger charge is -2.11. The fraction of sp³-hybridized carbons (Fsp3) is 0. The van der Waals surface area contributed by atoms with E-state index in [-0.39, 0.29) is 30.7 Å². The van der Waals surface area contributed by atoms with Crippen LogP contribution in [0.2, 0.25) is 25.1 Å². The Labute approximate surface area is 139 Å². The Bertz CT molecular complexity index is 686. The van der Waals surface area contributed by atoms with E-state index in [2.05, 4.69) is 0 Å². The molecule has 0 spiro atoms. The summed E-state index contributed by atoms with van der Waals surface area (Å²) in [6.07, 6.45) is 0. The molecule has 0 aliphatic heterocycles. The predicted octanol–water partition coefficient (Wildman–Crippen LogP) is 6.32. The van der Waals surface area contributed by atoms with E-state index in [9.17, 15) is 4.79 Å². The number of hydrogen-bond donors (Lipinski definition) is 1. The Morgan fingerprint density at radius 2 is 1.40 bits per heavy atom. The van der Waals surface area contributed by atoms with Gasteiger partial charge in [0.2, 0.25) is 0 Å². The Kier molecular flexibility index (Phi) is 4.73. The van der Waals surface area contributed by atoms with Gasteiger partial charge in [-0.2, -0.15) is 0 Å². The molecule has 2 rings (SSSR count). The van der Waals surface area contributed by atoms with Gasteiger partial charge in [0.1, 0.15) is 0 Å². The fourth-order valence-electron chi connectivity index (χ4n) is 1.68. The smallest absolute Gasteiger partial charge is 0.335 e. The summed E-state index contributed by atoms with van der Waals surface area (Å²) in [5, 5.41) is 10.1. The van der Waals surface area contributed by atoms with Crippen molar-refractivity contribution in [1.82, 2.24) is 0 Å². The molecule has 1 N–H and O–H groups in total. The third kappa shape index (κ3) is 3.00. The van der Waals surface area contributed by atoms with Crippen molar-refractivity contribution >= 4 is 64.0 Å². The molecule has 2 aromatic rings. The minimum absolute atomic E-state index is 0.00994. The zero-order chi connectivity index (χ0) is 15.0. The van der Waals surface area contributed by atoms with E-state index >= 15 is 0 Å². The summed E-state index contributed by atoms with van der Waals surface area (Å²) in [5.74, 6) is -1.12. The van der Waals surface area contributed by atoms with E-state index in [0.29, 0.717) is 11.1 Å². The fourth-order valence-corrected chi connectivity index (χ4v) is 2.95. The zero-order valence-corrected chi connectivity index (χ0v) is 13.3. The van der Waals surface area contributed by atoms with Crippen LogP contribution in [-0.4, -0.2) is 11.1 Å². The molecular weight excluding hydrogens is 365 g/mol. The third-order valence-corrected chi connectivity index (χ3v) is 4.34. The van der Waals surface area contributed by atoms with Crippen molar-refractivity contribution in [2.24, 2.45) is 0 Å². The van der Waals surface area contributed by atoms with E-state index in [1.165, 1.54) is 24.3 Å². The molecule has 0 amide bonds. The van der Waals surface area contributed by atoms with Crippen molar-refractivity contribution in [2.75, 3.05) is 0 Å². The molecule has 0 aliphatic carbocycles. The normalized spacial score (nSPS) is 10.7. The number of carboxylic acids is 1. The van der Waals surface area contributed by atoms with Crippen LogP contribution < -0.4 is 0 Å². The highest BCUT2D eigenvalue weighted by Gasteiger charge is 2.17. The summed E-state index contributed by atoms with van der Waals surface area (Å²) in [4.78, 5) is 11.1. The SMILES string of the molecule is O=C(O)c1cc(Cl)cc(-c2c(Cl)c(Cl)cc(Cl)c2Cl)c1. The molecule has 0 saturated heterocycles. The minimum atomic E-state index is -1.12. The number of aromatic carboxylic acids is 1. The molecule has 7 heteroatoms. The molecule has 20 heavy (non-hydrogen) atoms. The van der Waals surface area contributed by atoms with Crippen LogP contribution in [0.5, 0.6) is 0 Å². The van der Waals surface area contributed by atoms with Gasteiger partial charge in [-0.1, -0.05) is 58.0 Å². The van der Waals surface area contributed by atoms with E-state index < -0.39 is 5.97 Å².